The molecule has 1 N–H and O–H groups in total. The average Bonchev–Trinajstić information content (AvgIpc) is 3.33. The minimum absolute atomic E-state index is 0.0876. The first-order chi connectivity index (χ1) is 17.3. The molecular formula is C30H21N5. The second kappa shape index (κ2) is 7.92. The summed E-state index contributed by atoms with van der Waals surface area (Å²) in [5.41, 5.74) is 9.22. The molecule has 0 fully saturated rings. The molecule has 0 aliphatic carbocycles. The van der Waals surface area contributed by atoms with Crippen LogP contribution in [0.25, 0.3) is 44.5 Å². The Morgan fingerprint density at radius 2 is 1.69 bits per heavy atom. The van der Waals surface area contributed by atoms with Crippen LogP contribution in [-0.2, 0) is 0 Å². The Labute approximate surface area is 202 Å². The third kappa shape index (κ3) is 3.28. The zero-order valence-electron chi connectivity index (χ0n) is 18.8. The van der Waals surface area contributed by atoms with E-state index in [9.17, 15) is 0 Å². The highest BCUT2D eigenvalue weighted by atomic mass is 15.0. The summed E-state index contributed by atoms with van der Waals surface area (Å²) in [6, 6.07) is 27.1. The van der Waals surface area contributed by atoms with Crippen molar-refractivity contribution in [3.05, 3.63) is 127 Å². The van der Waals surface area contributed by atoms with Crippen molar-refractivity contribution < 1.29 is 0 Å². The fourth-order valence-electron chi connectivity index (χ4n) is 4.83. The average molecular weight is 452 g/mol. The van der Waals surface area contributed by atoms with Crippen molar-refractivity contribution in [1.29, 1.82) is 0 Å². The molecule has 4 aromatic heterocycles. The van der Waals surface area contributed by atoms with Crippen LogP contribution in [0, 0.1) is 0 Å². The van der Waals surface area contributed by atoms with Gasteiger partial charge < -0.3 is 5.32 Å². The molecule has 166 valence electrons. The number of hydrogen-bond acceptors (Lipinski definition) is 4. The third-order valence-electron chi connectivity index (χ3n) is 6.54. The number of para-hydroxylation sites is 1. The first-order valence-electron chi connectivity index (χ1n) is 11.7. The Balaban J connectivity index is 1.31. The number of dihydropyridines is 1. The maximum atomic E-state index is 5.08. The van der Waals surface area contributed by atoms with Gasteiger partial charge in [0.05, 0.1) is 22.8 Å². The van der Waals surface area contributed by atoms with Gasteiger partial charge in [-0.15, -0.1) is 0 Å². The fraction of sp³-hybridized carbons (Fsp3) is 0.0333. The Morgan fingerprint density at radius 3 is 2.57 bits per heavy atom. The van der Waals surface area contributed by atoms with Crippen molar-refractivity contribution in [3.63, 3.8) is 0 Å². The molecule has 0 saturated carbocycles. The highest BCUT2D eigenvalue weighted by molar-refractivity contribution is 6.08. The molecule has 0 amide bonds. The van der Waals surface area contributed by atoms with Gasteiger partial charge in [-0.2, -0.15) is 0 Å². The summed E-state index contributed by atoms with van der Waals surface area (Å²) in [5, 5.41) is 4.69. The number of hydrogen-bond donors (Lipinski definition) is 1. The van der Waals surface area contributed by atoms with Gasteiger partial charge in [-0.25, -0.2) is 9.97 Å². The van der Waals surface area contributed by atoms with Crippen LogP contribution in [0.15, 0.2) is 116 Å². The monoisotopic (exact) mass is 451 g/mol. The smallest absolute Gasteiger partial charge is 0.137 e. The van der Waals surface area contributed by atoms with Gasteiger partial charge in [0.25, 0.3) is 0 Å². The van der Waals surface area contributed by atoms with E-state index < -0.39 is 0 Å². The number of rotatable bonds is 3. The van der Waals surface area contributed by atoms with Crippen molar-refractivity contribution in [2.75, 3.05) is 0 Å². The van der Waals surface area contributed by atoms with E-state index in [4.69, 9.17) is 9.97 Å². The number of nitrogens with one attached hydrogen (secondary N) is 1. The minimum atomic E-state index is 0.0876. The summed E-state index contributed by atoms with van der Waals surface area (Å²) in [7, 11) is 0. The van der Waals surface area contributed by atoms with Gasteiger partial charge >= 0.3 is 0 Å². The van der Waals surface area contributed by atoms with Crippen molar-refractivity contribution in [2.24, 2.45) is 0 Å². The number of pyridine rings is 3. The van der Waals surface area contributed by atoms with Gasteiger partial charge in [0.15, 0.2) is 0 Å². The molecule has 1 aliphatic rings. The molecule has 1 unspecified atom stereocenters. The van der Waals surface area contributed by atoms with E-state index in [0.717, 1.165) is 50.1 Å². The lowest BCUT2D eigenvalue weighted by Crippen LogP contribution is -2.20. The number of imidazole rings is 1. The normalized spacial score (nSPS) is 15.4. The summed E-state index contributed by atoms with van der Waals surface area (Å²) in [6.07, 6.45) is 12.1. The SMILES string of the molecule is C1=CC(c2ccc(-c3nc4ccccc4c4nc5ccccn5c34)cc2)NC(c2cccnc2)=C1. The van der Waals surface area contributed by atoms with Crippen LogP contribution >= 0.6 is 0 Å². The van der Waals surface area contributed by atoms with Crippen LogP contribution in [0.1, 0.15) is 17.2 Å². The Morgan fingerprint density at radius 1 is 0.800 bits per heavy atom. The number of nitrogens with zero attached hydrogens (tertiary/aromatic N) is 4. The predicted molar refractivity (Wildman–Crippen MR) is 141 cm³/mol. The molecule has 5 heteroatoms. The lowest BCUT2D eigenvalue weighted by Gasteiger charge is -2.22. The molecule has 1 atom stereocenters. The zero-order valence-corrected chi connectivity index (χ0v) is 18.8. The minimum Gasteiger partial charge on any atom is -0.374 e. The summed E-state index contributed by atoms with van der Waals surface area (Å²) in [5.74, 6) is 0. The number of fused-ring (bicyclic) bond motifs is 5. The molecule has 0 spiro atoms. The molecular weight excluding hydrogens is 430 g/mol. The molecule has 6 aromatic rings. The third-order valence-corrected chi connectivity index (χ3v) is 6.54. The van der Waals surface area contributed by atoms with Crippen molar-refractivity contribution in [3.8, 4) is 11.3 Å². The van der Waals surface area contributed by atoms with E-state index in [2.05, 4.69) is 81.6 Å². The van der Waals surface area contributed by atoms with Gasteiger partial charge in [-0.1, -0.05) is 60.7 Å². The van der Waals surface area contributed by atoms with E-state index in [1.807, 2.05) is 42.6 Å². The maximum absolute atomic E-state index is 5.08. The first-order valence-corrected chi connectivity index (χ1v) is 11.7. The van der Waals surface area contributed by atoms with Crippen LogP contribution in [0.2, 0.25) is 0 Å². The highest BCUT2D eigenvalue weighted by Gasteiger charge is 2.18. The van der Waals surface area contributed by atoms with E-state index >= 15 is 0 Å². The van der Waals surface area contributed by atoms with Crippen LogP contribution in [0.5, 0.6) is 0 Å². The highest BCUT2D eigenvalue weighted by Crippen LogP contribution is 2.34. The standard InChI is InChI=1S/C30H21N5/c1-2-9-26-23(8-1)29-30(35-18-4-3-12-27(35)34-29)28(33-26)21-15-13-20(14-16-21)24-10-5-11-25(32-24)22-7-6-17-31-19-22/h1-19,24,32H. The van der Waals surface area contributed by atoms with E-state index in [-0.39, 0.29) is 6.04 Å². The zero-order chi connectivity index (χ0) is 23.2. The topological polar surface area (TPSA) is 55.1 Å². The Hall–Kier alpha value is -4.77. The van der Waals surface area contributed by atoms with Crippen molar-refractivity contribution in [1.82, 2.24) is 24.7 Å². The second-order valence-electron chi connectivity index (χ2n) is 8.67. The van der Waals surface area contributed by atoms with Crippen LogP contribution < -0.4 is 5.32 Å². The first kappa shape index (κ1) is 19.7. The predicted octanol–water partition coefficient (Wildman–Crippen LogP) is 6.34. The van der Waals surface area contributed by atoms with Gasteiger partial charge in [-0.3, -0.25) is 9.38 Å². The number of allylic oxidation sites excluding steroid dienone is 2. The summed E-state index contributed by atoms with van der Waals surface area (Å²) in [4.78, 5) is 14.3. The number of aromatic nitrogens is 4. The molecule has 5 heterocycles. The Bertz CT molecular complexity index is 1760. The van der Waals surface area contributed by atoms with Crippen molar-refractivity contribution >= 4 is 33.3 Å². The Kier molecular flexibility index (Phi) is 4.45. The van der Waals surface area contributed by atoms with Gasteiger partial charge in [0.1, 0.15) is 11.2 Å². The van der Waals surface area contributed by atoms with E-state index in [1.54, 1.807) is 6.20 Å². The summed E-state index contributed by atoms with van der Waals surface area (Å²) >= 11 is 0. The van der Waals surface area contributed by atoms with Crippen LogP contribution in [0.3, 0.4) is 0 Å². The number of benzene rings is 2. The maximum Gasteiger partial charge on any atom is 0.137 e. The molecule has 0 saturated heterocycles. The van der Waals surface area contributed by atoms with Crippen molar-refractivity contribution in [2.45, 2.75) is 6.04 Å². The quantitative estimate of drug-likeness (QED) is 0.341. The summed E-state index contributed by atoms with van der Waals surface area (Å²) < 4.78 is 2.13. The van der Waals surface area contributed by atoms with Crippen LogP contribution in [0.4, 0.5) is 0 Å². The second-order valence-corrected chi connectivity index (χ2v) is 8.67. The molecule has 7 rings (SSSR count). The molecule has 35 heavy (non-hydrogen) atoms. The molecule has 1 aliphatic heterocycles. The molecule has 5 nitrogen and oxygen atoms in total. The lowest BCUT2D eigenvalue weighted by atomic mass is 9.99. The summed E-state index contributed by atoms with van der Waals surface area (Å²) in [6.45, 7) is 0. The van der Waals surface area contributed by atoms with E-state index in [1.165, 1.54) is 5.56 Å². The molecule has 0 bridgehead atoms. The van der Waals surface area contributed by atoms with Crippen LogP contribution in [-0.4, -0.2) is 19.4 Å². The fourth-order valence-corrected chi connectivity index (χ4v) is 4.83. The van der Waals surface area contributed by atoms with Gasteiger partial charge in [0, 0.05) is 40.8 Å². The molecule has 2 aromatic carbocycles. The van der Waals surface area contributed by atoms with Gasteiger partial charge in [-0.05, 0) is 42.0 Å². The largest absolute Gasteiger partial charge is 0.374 e. The molecule has 0 radical (unpaired) electrons. The van der Waals surface area contributed by atoms with Gasteiger partial charge in [0.2, 0.25) is 0 Å². The lowest BCUT2D eigenvalue weighted by molar-refractivity contribution is 0.763. The van der Waals surface area contributed by atoms with E-state index in [0.29, 0.717) is 0 Å².